The maximum Gasteiger partial charge on any atom is 0.129 e. The first-order valence-corrected chi connectivity index (χ1v) is 6.49. The van der Waals surface area contributed by atoms with E-state index in [-0.39, 0.29) is 0 Å². The third-order valence-corrected chi connectivity index (χ3v) is 1.90. The van der Waals surface area contributed by atoms with Crippen molar-refractivity contribution in [3.8, 4) is 0 Å². The van der Waals surface area contributed by atoms with E-state index in [1.165, 1.54) is 11.9 Å². The molecule has 1 aromatic carbocycles. The van der Waals surface area contributed by atoms with Gasteiger partial charge in [-0.2, -0.15) is 0 Å². The molecule has 0 spiro atoms. The van der Waals surface area contributed by atoms with Crippen molar-refractivity contribution < 1.29 is 0 Å². The van der Waals surface area contributed by atoms with Crippen LogP contribution in [-0.4, -0.2) is 9.97 Å². The van der Waals surface area contributed by atoms with Gasteiger partial charge in [-0.3, -0.25) is 0 Å². The predicted octanol–water partition coefficient (Wildman–Crippen LogP) is 4.14. The Morgan fingerprint density at radius 1 is 0.944 bits per heavy atom. The fraction of sp³-hybridized carbons (Fsp3) is 0.333. The normalized spacial score (nSPS) is 8.22. The molecule has 0 unspecified atom stereocenters. The Hall–Kier alpha value is -1.90. The third kappa shape index (κ3) is 6.63. The van der Waals surface area contributed by atoms with Crippen molar-refractivity contribution in [2.24, 2.45) is 0 Å². The number of hydrogen-bond acceptors (Lipinski definition) is 3. The molecule has 18 heavy (non-hydrogen) atoms. The van der Waals surface area contributed by atoms with Crippen molar-refractivity contribution in [2.45, 2.75) is 34.2 Å². The van der Waals surface area contributed by atoms with E-state index >= 15 is 0 Å². The summed E-state index contributed by atoms with van der Waals surface area (Å²) in [5.41, 5.74) is 1.24. The zero-order valence-electron chi connectivity index (χ0n) is 11.7. The summed E-state index contributed by atoms with van der Waals surface area (Å²) >= 11 is 0. The van der Waals surface area contributed by atoms with Gasteiger partial charge in [-0.15, -0.1) is 0 Å². The molecule has 0 fully saturated rings. The minimum absolute atomic E-state index is 0.790. The predicted molar refractivity (Wildman–Crippen MR) is 78.5 cm³/mol. The molecule has 0 bridgehead atoms. The highest BCUT2D eigenvalue weighted by Gasteiger charge is 1.92. The monoisotopic (exact) mass is 245 g/mol. The van der Waals surface area contributed by atoms with Crippen molar-refractivity contribution in [1.29, 1.82) is 0 Å². The van der Waals surface area contributed by atoms with E-state index in [9.17, 15) is 0 Å². The highest BCUT2D eigenvalue weighted by atomic mass is 15.0. The molecule has 2 rings (SSSR count). The standard InChI is InChI=1S/C11H11N3.2C2H6/c1-2-4-10(5-3-1)8-13-11-6-7-12-9-14-11;2*1-2/h1-7,9H,8H2,(H,12,13,14);2*1-2H3. The van der Waals surface area contributed by atoms with Gasteiger partial charge in [-0.1, -0.05) is 58.0 Å². The van der Waals surface area contributed by atoms with Crippen LogP contribution < -0.4 is 5.32 Å². The molecule has 0 amide bonds. The van der Waals surface area contributed by atoms with Crippen LogP contribution in [0.25, 0.3) is 0 Å². The number of benzene rings is 1. The van der Waals surface area contributed by atoms with Crippen LogP contribution in [0, 0.1) is 0 Å². The van der Waals surface area contributed by atoms with Crippen LogP contribution in [0.2, 0.25) is 0 Å². The molecule has 1 aromatic heterocycles. The molecule has 0 aliphatic carbocycles. The molecule has 1 heterocycles. The van der Waals surface area contributed by atoms with Gasteiger partial charge in [0.05, 0.1) is 0 Å². The molecular weight excluding hydrogens is 222 g/mol. The Labute approximate surface area is 110 Å². The van der Waals surface area contributed by atoms with E-state index in [2.05, 4.69) is 27.4 Å². The van der Waals surface area contributed by atoms with Crippen LogP contribution in [0.3, 0.4) is 0 Å². The Bertz CT molecular complexity index is 334. The van der Waals surface area contributed by atoms with Gasteiger partial charge in [0.25, 0.3) is 0 Å². The van der Waals surface area contributed by atoms with Crippen molar-refractivity contribution in [3.63, 3.8) is 0 Å². The second-order valence-electron chi connectivity index (χ2n) is 2.93. The minimum Gasteiger partial charge on any atom is -0.366 e. The third-order valence-electron chi connectivity index (χ3n) is 1.90. The lowest BCUT2D eigenvalue weighted by Crippen LogP contribution is -2.00. The van der Waals surface area contributed by atoms with E-state index in [1.807, 2.05) is 52.0 Å². The largest absolute Gasteiger partial charge is 0.366 e. The first-order chi connectivity index (χ1) is 8.95. The maximum absolute atomic E-state index is 4.07. The van der Waals surface area contributed by atoms with E-state index in [0.717, 1.165) is 12.4 Å². The van der Waals surface area contributed by atoms with Crippen LogP contribution in [0.15, 0.2) is 48.9 Å². The van der Waals surface area contributed by atoms with Gasteiger partial charge in [0.2, 0.25) is 0 Å². The molecule has 1 N–H and O–H groups in total. The zero-order chi connectivity index (χ0) is 13.6. The number of hydrogen-bond donors (Lipinski definition) is 1. The summed E-state index contributed by atoms with van der Waals surface area (Å²) in [6.45, 7) is 8.79. The first-order valence-electron chi connectivity index (χ1n) is 6.49. The summed E-state index contributed by atoms with van der Waals surface area (Å²) < 4.78 is 0. The molecule has 0 radical (unpaired) electrons. The van der Waals surface area contributed by atoms with Crippen molar-refractivity contribution in [1.82, 2.24) is 9.97 Å². The fourth-order valence-electron chi connectivity index (χ4n) is 1.18. The molecule has 3 heteroatoms. The van der Waals surface area contributed by atoms with Gasteiger partial charge in [0, 0.05) is 12.7 Å². The Morgan fingerprint density at radius 3 is 2.17 bits per heavy atom. The number of anilines is 1. The van der Waals surface area contributed by atoms with Gasteiger partial charge in [0.1, 0.15) is 12.1 Å². The number of rotatable bonds is 3. The quantitative estimate of drug-likeness (QED) is 0.883. The van der Waals surface area contributed by atoms with Gasteiger partial charge >= 0.3 is 0 Å². The Kier molecular flexibility index (Phi) is 10.4. The fourth-order valence-corrected chi connectivity index (χ4v) is 1.18. The number of nitrogens with zero attached hydrogens (tertiary/aromatic N) is 2. The van der Waals surface area contributed by atoms with Crippen LogP contribution in [0.4, 0.5) is 5.82 Å². The molecule has 0 saturated carbocycles. The second-order valence-corrected chi connectivity index (χ2v) is 2.93. The van der Waals surface area contributed by atoms with Crippen LogP contribution in [0.5, 0.6) is 0 Å². The lowest BCUT2D eigenvalue weighted by molar-refractivity contribution is 1.08. The van der Waals surface area contributed by atoms with Gasteiger partial charge in [0.15, 0.2) is 0 Å². The van der Waals surface area contributed by atoms with Gasteiger partial charge in [-0.05, 0) is 11.6 Å². The first kappa shape index (κ1) is 16.1. The molecule has 0 saturated heterocycles. The second kappa shape index (κ2) is 11.6. The summed E-state index contributed by atoms with van der Waals surface area (Å²) in [6, 6.07) is 12.1. The van der Waals surface area contributed by atoms with E-state index in [1.54, 1.807) is 6.20 Å². The molecule has 0 atom stereocenters. The maximum atomic E-state index is 4.07. The van der Waals surface area contributed by atoms with Crippen LogP contribution in [-0.2, 0) is 6.54 Å². The summed E-state index contributed by atoms with van der Waals surface area (Å²) in [5.74, 6) is 0.851. The Balaban J connectivity index is 0.000000659. The molecule has 3 nitrogen and oxygen atoms in total. The number of aromatic nitrogens is 2. The lowest BCUT2D eigenvalue weighted by atomic mass is 10.2. The SMILES string of the molecule is CC.CC.c1ccc(CNc2ccncn2)cc1. The summed E-state index contributed by atoms with van der Waals surface area (Å²) in [6.07, 6.45) is 3.26. The molecule has 98 valence electrons. The molecule has 2 aromatic rings. The van der Waals surface area contributed by atoms with Crippen LogP contribution in [0.1, 0.15) is 33.3 Å². The van der Waals surface area contributed by atoms with Crippen LogP contribution >= 0.6 is 0 Å². The highest BCUT2D eigenvalue weighted by molar-refractivity contribution is 5.33. The summed E-state index contributed by atoms with van der Waals surface area (Å²) in [4.78, 5) is 7.92. The average Bonchev–Trinajstić information content (AvgIpc) is 2.51. The van der Waals surface area contributed by atoms with Crippen molar-refractivity contribution in [3.05, 3.63) is 54.5 Å². The molecular formula is C15H23N3. The summed E-state index contributed by atoms with van der Waals surface area (Å²) in [7, 11) is 0. The topological polar surface area (TPSA) is 37.8 Å². The number of nitrogens with one attached hydrogen (secondary N) is 1. The zero-order valence-corrected chi connectivity index (χ0v) is 11.7. The van der Waals surface area contributed by atoms with E-state index < -0.39 is 0 Å². The molecule has 0 aliphatic rings. The minimum atomic E-state index is 0.790. The average molecular weight is 245 g/mol. The van der Waals surface area contributed by atoms with E-state index in [4.69, 9.17) is 0 Å². The van der Waals surface area contributed by atoms with Crippen molar-refractivity contribution >= 4 is 5.82 Å². The lowest BCUT2D eigenvalue weighted by Gasteiger charge is -2.03. The Morgan fingerprint density at radius 2 is 1.61 bits per heavy atom. The van der Waals surface area contributed by atoms with E-state index in [0.29, 0.717) is 0 Å². The van der Waals surface area contributed by atoms with Gasteiger partial charge < -0.3 is 5.32 Å². The smallest absolute Gasteiger partial charge is 0.129 e. The van der Waals surface area contributed by atoms with Gasteiger partial charge in [-0.25, -0.2) is 9.97 Å². The highest BCUT2D eigenvalue weighted by Crippen LogP contribution is 2.03. The summed E-state index contributed by atoms with van der Waals surface area (Å²) in [5, 5.41) is 3.21. The molecule has 0 aliphatic heterocycles. The van der Waals surface area contributed by atoms with Crippen molar-refractivity contribution in [2.75, 3.05) is 5.32 Å².